The Balaban J connectivity index is 1.29. The Hall–Kier alpha value is -2.52. The zero-order valence-electron chi connectivity index (χ0n) is 23.4. The second-order valence-electron chi connectivity index (χ2n) is 12.3. The van der Waals surface area contributed by atoms with Crippen LogP contribution in [0.25, 0.3) is 0 Å². The Bertz CT molecular complexity index is 964. The molecule has 3 aliphatic rings. The molecule has 2 aromatic carbocycles. The van der Waals surface area contributed by atoms with Crippen LogP contribution in [0.15, 0.2) is 48.5 Å². The molecule has 8 nitrogen and oxygen atoms in total. The molecule has 5 rings (SSSR count). The van der Waals surface area contributed by atoms with Gasteiger partial charge in [0.05, 0.1) is 48.8 Å². The highest BCUT2D eigenvalue weighted by atomic mass is 16.5. The highest BCUT2D eigenvalue weighted by molar-refractivity contribution is 5.33. The quantitative estimate of drug-likeness (QED) is 0.373. The lowest BCUT2D eigenvalue weighted by Gasteiger charge is -2.42. The predicted octanol–water partition coefficient (Wildman–Crippen LogP) is 4.55. The maximum atomic E-state index is 11.3. The van der Waals surface area contributed by atoms with E-state index in [-0.39, 0.29) is 12.8 Å². The van der Waals surface area contributed by atoms with Gasteiger partial charge in [0.15, 0.2) is 0 Å². The molecular weight excluding hydrogens is 512 g/mol. The van der Waals surface area contributed by atoms with E-state index in [0.29, 0.717) is 101 Å². The van der Waals surface area contributed by atoms with Crippen LogP contribution in [-0.2, 0) is 0 Å². The van der Waals surface area contributed by atoms with Crippen LogP contribution >= 0.6 is 0 Å². The summed E-state index contributed by atoms with van der Waals surface area (Å²) in [5, 5.41) is 45.1. The van der Waals surface area contributed by atoms with E-state index < -0.39 is 22.4 Å². The largest absolute Gasteiger partial charge is 0.493 e. The van der Waals surface area contributed by atoms with Gasteiger partial charge in [0.25, 0.3) is 0 Å². The maximum Gasteiger partial charge on any atom is 0.122 e. The molecule has 0 saturated heterocycles. The van der Waals surface area contributed by atoms with Crippen LogP contribution in [0.5, 0.6) is 23.0 Å². The maximum absolute atomic E-state index is 11.3. The average molecular weight is 557 g/mol. The minimum Gasteiger partial charge on any atom is -0.493 e. The zero-order chi connectivity index (χ0) is 28.1. The van der Waals surface area contributed by atoms with E-state index in [9.17, 15) is 20.4 Å². The van der Waals surface area contributed by atoms with Crippen molar-refractivity contribution in [2.75, 3.05) is 26.4 Å². The first-order chi connectivity index (χ1) is 19.1. The summed E-state index contributed by atoms with van der Waals surface area (Å²) in [6, 6.07) is 14.7. The van der Waals surface area contributed by atoms with Crippen molar-refractivity contribution in [2.45, 2.75) is 99.5 Å². The molecular formula is C32H44O8. The van der Waals surface area contributed by atoms with Crippen LogP contribution in [0.3, 0.4) is 0 Å². The fraction of sp³-hybridized carbons (Fsp3) is 0.625. The lowest BCUT2D eigenvalue weighted by molar-refractivity contribution is -0.114. The normalized spacial score (nSPS) is 34.1. The second kappa shape index (κ2) is 12.1. The van der Waals surface area contributed by atoms with Crippen LogP contribution in [0.4, 0.5) is 0 Å². The minimum absolute atomic E-state index is 0.283. The first-order valence-electron chi connectivity index (χ1n) is 14.8. The van der Waals surface area contributed by atoms with Gasteiger partial charge in [0.2, 0.25) is 0 Å². The second-order valence-corrected chi connectivity index (χ2v) is 12.3. The molecule has 0 unspecified atom stereocenters. The number of ether oxygens (including phenoxy) is 4. The summed E-state index contributed by atoms with van der Waals surface area (Å²) >= 11 is 0. The van der Waals surface area contributed by atoms with Gasteiger partial charge in [-0.1, -0.05) is 12.1 Å². The van der Waals surface area contributed by atoms with Gasteiger partial charge in [-0.15, -0.1) is 0 Å². The van der Waals surface area contributed by atoms with Crippen molar-refractivity contribution in [3.63, 3.8) is 0 Å². The molecule has 220 valence electrons. The van der Waals surface area contributed by atoms with Gasteiger partial charge >= 0.3 is 0 Å². The van der Waals surface area contributed by atoms with Crippen LogP contribution in [-0.4, -0.2) is 69.3 Å². The number of hydrogen-bond donors (Lipinski definition) is 4. The van der Waals surface area contributed by atoms with Gasteiger partial charge in [0.1, 0.15) is 23.0 Å². The molecule has 40 heavy (non-hydrogen) atoms. The van der Waals surface area contributed by atoms with Crippen molar-refractivity contribution in [1.82, 2.24) is 0 Å². The number of aliphatic hydroxyl groups is 4. The number of hydrogen-bond acceptors (Lipinski definition) is 8. The molecule has 2 saturated carbocycles. The summed E-state index contributed by atoms with van der Waals surface area (Å²) < 4.78 is 23.8. The molecule has 4 N–H and O–H groups in total. The predicted molar refractivity (Wildman–Crippen MR) is 150 cm³/mol. The van der Waals surface area contributed by atoms with Gasteiger partial charge in [-0.05, 0) is 62.8 Å². The van der Waals surface area contributed by atoms with Crippen LogP contribution in [0.1, 0.15) is 77.0 Å². The molecule has 8 heteroatoms. The highest BCUT2D eigenvalue weighted by Gasteiger charge is 2.43. The molecule has 0 radical (unpaired) electrons. The summed E-state index contributed by atoms with van der Waals surface area (Å²) in [6.07, 6.45) is 6.19. The lowest BCUT2D eigenvalue weighted by atomic mass is 9.72. The molecule has 1 aliphatic heterocycles. The SMILES string of the molecule is O[C@]12CCC[C@](O)(CCOc3cccc(c3)OCC[C@@]3(O)CCC[C@@](O)(CCOc4cccc(c4)OCC1)C3)C2. The summed E-state index contributed by atoms with van der Waals surface area (Å²) in [5.41, 5.74) is -4.00. The van der Waals surface area contributed by atoms with Crippen molar-refractivity contribution >= 4 is 0 Å². The Morgan fingerprint density at radius 1 is 0.425 bits per heavy atom. The Kier molecular flexibility index (Phi) is 8.80. The first kappa shape index (κ1) is 29.0. The fourth-order valence-electron chi connectivity index (χ4n) is 6.67. The molecule has 0 aromatic heterocycles. The summed E-state index contributed by atoms with van der Waals surface area (Å²) in [5.74, 6) is 2.57. The molecule has 2 fully saturated rings. The first-order valence-corrected chi connectivity index (χ1v) is 14.8. The van der Waals surface area contributed by atoms with Crippen LogP contribution < -0.4 is 18.9 Å². The van der Waals surface area contributed by atoms with Gasteiger partial charge in [-0.25, -0.2) is 0 Å². The minimum atomic E-state index is -1.00. The average Bonchev–Trinajstić information content (AvgIpc) is 2.88. The number of rotatable bonds is 0. The Labute approximate surface area is 236 Å². The third-order valence-electron chi connectivity index (χ3n) is 8.84. The van der Waals surface area contributed by atoms with E-state index in [0.717, 1.165) is 12.8 Å². The summed E-state index contributed by atoms with van der Waals surface area (Å²) in [7, 11) is 0. The smallest absolute Gasteiger partial charge is 0.122 e. The van der Waals surface area contributed by atoms with Gasteiger partial charge in [-0.3, -0.25) is 0 Å². The fourth-order valence-corrected chi connectivity index (χ4v) is 6.67. The van der Waals surface area contributed by atoms with E-state index in [1.54, 1.807) is 0 Å². The molecule has 2 aromatic rings. The Morgan fingerprint density at radius 2 is 0.700 bits per heavy atom. The van der Waals surface area contributed by atoms with E-state index in [2.05, 4.69) is 0 Å². The van der Waals surface area contributed by atoms with E-state index >= 15 is 0 Å². The molecule has 0 spiro atoms. The third-order valence-corrected chi connectivity index (χ3v) is 8.84. The van der Waals surface area contributed by atoms with E-state index in [4.69, 9.17) is 18.9 Å². The van der Waals surface area contributed by atoms with Crippen LogP contribution in [0.2, 0.25) is 0 Å². The molecule has 0 amide bonds. The van der Waals surface area contributed by atoms with E-state index in [1.807, 2.05) is 48.5 Å². The zero-order valence-corrected chi connectivity index (χ0v) is 23.4. The molecule has 4 atom stereocenters. The van der Waals surface area contributed by atoms with Crippen molar-refractivity contribution in [1.29, 1.82) is 0 Å². The monoisotopic (exact) mass is 556 g/mol. The molecule has 1 heterocycles. The number of benzene rings is 2. The lowest BCUT2D eigenvalue weighted by Crippen LogP contribution is -2.47. The van der Waals surface area contributed by atoms with E-state index in [1.165, 1.54) is 0 Å². The Morgan fingerprint density at radius 3 is 0.975 bits per heavy atom. The summed E-state index contributed by atoms with van der Waals surface area (Å²) in [4.78, 5) is 0. The van der Waals surface area contributed by atoms with Gasteiger partial charge in [0, 0.05) is 50.7 Å². The van der Waals surface area contributed by atoms with Crippen molar-refractivity contribution in [3.8, 4) is 23.0 Å². The van der Waals surface area contributed by atoms with Crippen molar-refractivity contribution in [2.24, 2.45) is 0 Å². The van der Waals surface area contributed by atoms with Crippen molar-refractivity contribution in [3.05, 3.63) is 48.5 Å². The van der Waals surface area contributed by atoms with Gasteiger partial charge < -0.3 is 39.4 Å². The standard InChI is InChI=1S/C32H44O8/c33-29-9-3-11-31(35,23-29)15-19-39-27-7-2-8-28(22-27)40-20-16-32(36)12-4-10-30(34,24-32)14-18-38-26-6-1-5-25(21-26)37-17-13-29/h1-2,5-8,21-22,33-36H,3-4,9-20,23-24H2/t29-,30-,31+,32+. The van der Waals surface area contributed by atoms with Crippen LogP contribution in [0, 0.1) is 0 Å². The molecule has 8 bridgehead atoms. The number of fused-ring (bicyclic) bond motifs is 8. The summed E-state index contributed by atoms with van der Waals surface area (Å²) in [6.45, 7) is 1.27. The third kappa shape index (κ3) is 7.81. The molecule has 2 aliphatic carbocycles. The van der Waals surface area contributed by atoms with Gasteiger partial charge in [-0.2, -0.15) is 0 Å². The highest BCUT2D eigenvalue weighted by Crippen LogP contribution is 2.41. The topological polar surface area (TPSA) is 118 Å². The van der Waals surface area contributed by atoms with Crippen molar-refractivity contribution < 1.29 is 39.4 Å².